The Morgan fingerprint density at radius 2 is 1.61 bits per heavy atom. The molecule has 51 heavy (non-hydrogen) atoms. The first-order chi connectivity index (χ1) is 24.4. The number of rotatable bonds is 20. The summed E-state index contributed by atoms with van der Waals surface area (Å²) in [6.45, 7) is 0.590. The molecule has 3 rings (SSSR count). The zero-order chi connectivity index (χ0) is 37.4. The van der Waals surface area contributed by atoms with Gasteiger partial charge in [0.15, 0.2) is 0 Å². The van der Waals surface area contributed by atoms with Gasteiger partial charge in [0.25, 0.3) is 5.79 Å². The van der Waals surface area contributed by atoms with Crippen molar-refractivity contribution in [3.63, 3.8) is 0 Å². The van der Waals surface area contributed by atoms with Gasteiger partial charge in [-0.1, -0.05) is 55.2 Å². The number of aliphatic hydroxyl groups is 4. The minimum absolute atomic E-state index is 0.0632. The van der Waals surface area contributed by atoms with E-state index >= 15 is 0 Å². The minimum Gasteiger partial charge on any atom is -0.477 e. The van der Waals surface area contributed by atoms with Crippen LogP contribution in [0.2, 0.25) is 0 Å². The molecule has 0 unspecified atom stereocenters. The van der Waals surface area contributed by atoms with Gasteiger partial charge in [0.05, 0.1) is 31.3 Å². The fourth-order valence-electron chi connectivity index (χ4n) is 5.55. The SMILES string of the molecule is C#CCOCCCCCCO[C@]1(C(=O)O)C[C@H](O)[C@@H](NC(=O)CO)[C@H]([C@H](O)[C@H](O)CNC(=O)Cc2ccc(-c3ccc(NC(C)=O)cc3)cc2)O1. The highest BCUT2D eigenvalue weighted by Crippen LogP contribution is 2.34. The number of amides is 3. The average molecular weight is 714 g/mol. The molecule has 0 spiro atoms. The lowest BCUT2D eigenvalue weighted by Gasteiger charge is -2.46. The summed E-state index contributed by atoms with van der Waals surface area (Å²) in [5.74, 6) is -3.25. The molecule has 15 nitrogen and oxygen atoms in total. The van der Waals surface area contributed by atoms with Crippen molar-refractivity contribution in [2.24, 2.45) is 0 Å². The molecule has 15 heteroatoms. The predicted octanol–water partition coefficient (Wildman–Crippen LogP) is 0.327. The molecule has 0 aromatic heterocycles. The van der Waals surface area contributed by atoms with Crippen molar-refractivity contribution in [3.8, 4) is 23.5 Å². The number of hydrogen-bond donors (Lipinski definition) is 8. The van der Waals surface area contributed by atoms with Gasteiger partial charge in [-0.25, -0.2) is 4.79 Å². The highest BCUT2D eigenvalue weighted by molar-refractivity contribution is 5.89. The zero-order valence-corrected chi connectivity index (χ0v) is 28.5. The standard InChI is InChI=1S/C36H47N3O12/c1-3-16-49-17-6-4-5-7-18-50-36(35(47)48)20-28(42)32(39-31(45)22-40)34(51-36)33(46)29(43)21-37-30(44)19-24-8-10-25(11-9-24)26-12-14-27(15-13-26)38-23(2)41/h1,8-15,28-29,32-34,40,42-43,46H,4-7,16-22H2,2H3,(H,37,44)(H,38,41)(H,39,45)(H,47,48)/t28-,29+,32+,33+,34+,36+/m0/s1. The lowest BCUT2D eigenvalue weighted by Crippen LogP contribution is -2.68. The number of carboxylic acids is 1. The van der Waals surface area contributed by atoms with Crippen molar-refractivity contribution in [2.45, 2.75) is 81.7 Å². The molecule has 1 aliphatic heterocycles. The van der Waals surface area contributed by atoms with Gasteiger partial charge in [-0.2, -0.15) is 0 Å². The highest BCUT2D eigenvalue weighted by atomic mass is 16.7. The molecule has 1 fully saturated rings. The van der Waals surface area contributed by atoms with Gasteiger partial charge in [0.2, 0.25) is 17.7 Å². The molecule has 2 aromatic carbocycles. The largest absolute Gasteiger partial charge is 0.477 e. The van der Waals surface area contributed by atoms with E-state index in [1.807, 2.05) is 24.3 Å². The fraction of sp³-hybridized carbons (Fsp3) is 0.500. The van der Waals surface area contributed by atoms with E-state index in [9.17, 15) is 44.7 Å². The molecule has 8 N–H and O–H groups in total. The molecular formula is C36H47N3O12. The molecule has 278 valence electrons. The van der Waals surface area contributed by atoms with Gasteiger partial charge in [-0.05, 0) is 41.7 Å². The number of anilines is 1. The van der Waals surface area contributed by atoms with E-state index in [0.717, 1.165) is 24.0 Å². The molecule has 1 heterocycles. The molecule has 0 aliphatic carbocycles. The maximum atomic E-state index is 12.7. The Bertz CT molecular complexity index is 1480. The Morgan fingerprint density at radius 1 is 0.980 bits per heavy atom. The molecule has 0 radical (unpaired) electrons. The number of carboxylic acid groups (broad SMARTS) is 1. The number of benzene rings is 2. The number of carbonyl (C=O) groups is 4. The van der Waals surface area contributed by atoms with Gasteiger partial charge in [0, 0.05) is 32.2 Å². The van der Waals surface area contributed by atoms with Crippen LogP contribution in [0.15, 0.2) is 48.5 Å². The number of carbonyl (C=O) groups excluding carboxylic acids is 3. The van der Waals surface area contributed by atoms with Crippen LogP contribution in [0.3, 0.4) is 0 Å². The van der Waals surface area contributed by atoms with Crippen molar-refractivity contribution in [1.82, 2.24) is 10.6 Å². The number of unbranched alkanes of at least 4 members (excludes halogenated alkanes) is 3. The molecule has 0 bridgehead atoms. The van der Waals surface area contributed by atoms with Gasteiger partial charge in [-0.15, -0.1) is 6.42 Å². The van der Waals surface area contributed by atoms with E-state index in [2.05, 4.69) is 21.9 Å². The lowest BCUT2D eigenvalue weighted by atomic mass is 9.88. The van der Waals surface area contributed by atoms with Crippen molar-refractivity contribution < 1.29 is 58.9 Å². The molecule has 6 atom stereocenters. The Labute approximate surface area is 296 Å². The summed E-state index contributed by atoms with van der Waals surface area (Å²) in [5.41, 5.74) is 3.11. The first-order valence-electron chi connectivity index (χ1n) is 16.6. The quantitative estimate of drug-likeness (QED) is 0.0685. The molecule has 1 saturated heterocycles. The van der Waals surface area contributed by atoms with Crippen molar-refractivity contribution in [1.29, 1.82) is 0 Å². The van der Waals surface area contributed by atoms with Gasteiger partial charge < -0.3 is 55.7 Å². The Morgan fingerprint density at radius 3 is 2.20 bits per heavy atom. The number of nitrogens with one attached hydrogen (secondary N) is 3. The number of ether oxygens (including phenoxy) is 3. The third-order valence-electron chi connectivity index (χ3n) is 8.17. The molecule has 1 aliphatic rings. The predicted molar refractivity (Wildman–Crippen MR) is 184 cm³/mol. The molecule has 0 saturated carbocycles. The summed E-state index contributed by atoms with van der Waals surface area (Å²) in [6.07, 6.45) is 0.0333. The second-order valence-electron chi connectivity index (χ2n) is 12.2. The summed E-state index contributed by atoms with van der Waals surface area (Å²) in [7, 11) is 0. The Hall–Kier alpha value is -4.40. The van der Waals surface area contributed by atoms with E-state index in [1.54, 1.807) is 24.3 Å². The maximum absolute atomic E-state index is 12.7. The van der Waals surface area contributed by atoms with Crippen molar-refractivity contribution >= 4 is 29.4 Å². The summed E-state index contributed by atoms with van der Waals surface area (Å²) in [5, 5.41) is 59.8. The summed E-state index contributed by atoms with van der Waals surface area (Å²) in [4.78, 5) is 48.4. The summed E-state index contributed by atoms with van der Waals surface area (Å²) < 4.78 is 16.6. The van der Waals surface area contributed by atoms with E-state index in [4.69, 9.17) is 20.6 Å². The van der Waals surface area contributed by atoms with Gasteiger partial charge >= 0.3 is 5.97 Å². The molecular weight excluding hydrogens is 666 g/mol. The highest BCUT2D eigenvalue weighted by Gasteiger charge is 2.55. The molecule has 2 aromatic rings. The topological polar surface area (TPSA) is 233 Å². The molecule has 3 amide bonds. The number of aliphatic carboxylic acids is 1. The normalized spacial score (nSPS) is 21.1. The first kappa shape index (κ1) is 41.0. The lowest BCUT2D eigenvalue weighted by molar-refractivity contribution is -0.310. The summed E-state index contributed by atoms with van der Waals surface area (Å²) in [6, 6.07) is 13.0. The monoisotopic (exact) mass is 713 g/mol. The first-order valence-corrected chi connectivity index (χ1v) is 16.6. The van der Waals surface area contributed by atoms with Crippen LogP contribution in [0.1, 0.15) is 44.6 Å². The smallest absolute Gasteiger partial charge is 0.364 e. The number of hydrogen-bond acceptors (Lipinski definition) is 11. The van der Waals surface area contributed by atoms with E-state index in [1.165, 1.54) is 6.92 Å². The van der Waals surface area contributed by atoms with E-state index in [0.29, 0.717) is 30.7 Å². The van der Waals surface area contributed by atoms with Gasteiger partial charge in [0.1, 0.15) is 25.4 Å². The average Bonchev–Trinajstić information content (AvgIpc) is 3.10. The third kappa shape index (κ3) is 12.7. The van der Waals surface area contributed by atoms with Crippen LogP contribution in [0, 0.1) is 12.3 Å². The van der Waals surface area contributed by atoms with E-state index in [-0.39, 0.29) is 25.5 Å². The van der Waals surface area contributed by atoms with Crippen LogP contribution in [0.4, 0.5) is 5.69 Å². The zero-order valence-electron chi connectivity index (χ0n) is 28.5. The fourth-order valence-corrected chi connectivity index (χ4v) is 5.55. The van der Waals surface area contributed by atoms with Gasteiger partial charge in [-0.3, -0.25) is 14.4 Å². The number of aliphatic hydroxyl groups excluding tert-OH is 4. The second kappa shape index (κ2) is 20.4. The second-order valence-corrected chi connectivity index (χ2v) is 12.2. The summed E-state index contributed by atoms with van der Waals surface area (Å²) >= 11 is 0. The minimum atomic E-state index is -2.43. The van der Waals surface area contributed by atoms with Crippen molar-refractivity contribution in [2.75, 3.05) is 38.3 Å². The third-order valence-corrected chi connectivity index (χ3v) is 8.17. The van der Waals surface area contributed by atoms with Crippen LogP contribution in [0.5, 0.6) is 0 Å². The van der Waals surface area contributed by atoms with E-state index < -0.39 is 73.6 Å². The van der Waals surface area contributed by atoms with Crippen LogP contribution >= 0.6 is 0 Å². The number of terminal acetylenes is 1. The van der Waals surface area contributed by atoms with Crippen LogP contribution in [0.25, 0.3) is 11.1 Å². The van der Waals surface area contributed by atoms with Crippen molar-refractivity contribution in [3.05, 3.63) is 54.1 Å². The Kier molecular flexibility index (Phi) is 16.4. The van der Waals surface area contributed by atoms with Crippen LogP contribution < -0.4 is 16.0 Å². The van der Waals surface area contributed by atoms with Crippen LogP contribution in [-0.4, -0.2) is 118 Å². The Balaban J connectivity index is 1.60. The maximum Gasteiger partial charge on any atom is 0.364 e. The van der Waals surface area contributed by atoms with Crippen LogP contribution in [-0.2, 0) is 39.8 Å².